The lowest BCUT2D eigenvalue weighted by atomic mass is 10.1. The number of hydrogen-bond acceptors (Lipinski definition) is 5. The first-order valence-corrected chi connectivity index (χ1v) is 7.56. The van der Waals surface area contributed by atoms with Gasteiger partial charge in [0.1, 0.15) is 6.54 Å². The van der Waals surface area contributed by atoms with E-state index in [1.54, 1.807) is 0 Å². The highest BCUT2D eigenvalue weighted by Gasteiger charge is 2.30. The molecule has 26 heavy (non-hydrogen) atoms. The van der Waals surface area contributed by atoms with E-state index in [-0.39, 0.29) is 16.8 Å². The van der Waals surface area contributed by atoms with Crippen LogP contribution in [0.15, 0.2) is 24.4 Å². The maximum Gasteiger partial charge on any atom is 0.406 e. The van der Waals surface area contributed by atoms with Gasteiger partial charge in [0.15, 0.2) is 6.61 Å². The largest absolute Gasteiger partial charge is 0.481 e. The predicted octanol–water partition coefficient (Wildman–Crippen LogP) is 3.11. The summed E-state index contributed by atoms with van der Waals surface area (Å²) in [4.78, 5) is 28.0. The van der Waals surface area contributed by atoms with Gasteiger partial charge >= 0.3 is 12.1 Å². The third-order valence-electron chi connectivity index (χ3n) is 3.73. The number of pyridine rings is 1. The smallest absolute Gasteiger partial charge is 0.406 e. The van der Waals surface area contributed by atoms with Crippen molar-refractivity contribution in [3.05, 3.63) is 46.9 Å². The summed E-state index contributed by atoms with van der Waals surface area (Å²) >= 11 is 0. The number of aryl methyl sites for hydroxylation is 1. The van der Waals surface area contributed by atoms with Crippen LogP contribution in [0, 0.1) is 13.8 Å². The Bertz CT molecular complexity index is 811. The zero-order chi connectivity index (χ0) is 19.5. The van der Waals surface area contributed by atoms with Crippen LogP contribution in [0.4, 0.5) is 13.2 Å². The van der Waals surface area contributed by atoms with Gasteiger partial charge < -0.3 is 14.0 Å². The quantitative estimate of drug-likeness (QED) is 0.577. The van der Waals surface area contributed by atoms with Crippen LogP contribution in [0.5, 0.6) is 5.88 Å². The molecule has 0 atom stereocenters. The van der Waals surface area contributed by atoms with Crippen molar-refractivity contribution in [3.63, 3.8) is 0 Å². The first-order valence-electron chi connectivity index (χ1n) is 7.56. The molecular formula is C17H17F3N2O4. The summed E-state index contributed by atoms with van der Waals surface area (Å²) in [5.41, 5.74) is 0.689. The Kier molecular flexibility index (Phi) is 5.69. The molecule has 0 saturated carbocycles. The second-order valence-corrected chi connectivity index (χ2v) is 5.57. The number of alkyl halides is 3. The molecule has 0 aliphatic carbocycles. The van der Waals surface area contributed by atoms with Crippen LogP contribution in [0.3, 0.4) is 0 Å². The number of nitrogens with zero attached hydrogens (tertiary/aromatic N) is 2. The topological polar surface area (TPSA) is 70.4 Å². The number of carbonyl (C=O) groups excluding carboxylic acids is 2. The van der Waals surface area contributed by atoms with E-state index in [2.05, 4.69) is 4.98 Å². The van der Waals surface area contributed by atoms with Crippen LogP contribution >= 0.6 is 0 Å². The van der Waals surface area contributed by atoms with Gasteiger partial charge in [0.05, 0.1) is 12.7 Å². The average Bonchev–Trinajstić information content (AvgIpc) is 2.86. The number of aromatic nitrogens is 2. The number of carbonyl (C=O) groups is 2. The highest BCUT2D eigenvalue weighted by molar-refractivity contribution is 6.00. The summed E-state index contributed by atoms with van der Waals surface area (Å²) in [7, 11) is 1.42. The Morgan fingerprint density at radius 1 is 1.23 bits per heavy atom. The van der Waals surface area contributed by atoms with Crippen molar-refractivity contribution >= 4 is 11.8 Å². The van der Waals surface area contributed by atoms with Gasteiger partial charge in [0.2, 0.25) is 11.7 Å². The SMILES string of the molecule is COc1ccc(C(=O)OCC(=O)c2cc(C)n(CC(F)(F)F)c2C)cn1. The summed E-state index contributed by atoms with van der Waals surface area (Å²) in [5.74, 6) is -1.03. The number of methoxy groups -OCH3 is 1. The Balaban J connectivity index is 2.05. The molecule has 0 bridgehead atoms. The third kappa shape index (κ3) is 4.62. The Hall–Kier alpha value is -2.84. The van der Waals surface area contributed by atoms with Crippen molar-refractivity contribution in [1.82, 2.24) is 9.55 Å². The predicted molar refractivity (Wildman–Crippen MR) is 85.4 cm³/mol. The molecule has 0 saturated heterocycles. The number of esters is 1. The molecule has 6 nitrogen and oxygen atoms in total. The number of Topliss-reactive ketones (excluding diaryl/α,β-unsaturated/α-hetero) is 1. The summed E-state index contributed by atoms with van der Waals surface area (Å²) in [6.45, 7) is 1.13. The lowest BCUT2D eigenvalue weighted by Crippen LogP contribution is -2.20. The standard InChI is InChI=1S/C17H17F3N2O4/c1-10-6-13(11(2)22(10)9-17(18,19)20)14(23)8-26-16(24)12-4-5-15(25-3)21-7-12/h4-7H,8-9H2,1-3H3. The molecule has 0 radical (unpaired) electrons. The minimum Gasteiger partial charge on any atom is -0.481 e. The highest BCUT2D eigenvalue weighted by Crippen LogP contribution is 2.23. The van der Waals surface area contributed by atoms with Gasteiger partial charge in [0, 0.05) is 29.2 Å². The summed E-state index contributed by atoms with van der Waals surface area (Å²) in [6.07, 6.45) is -3.16. The molecule has 2 aromatic rings. The number of rotatable bonds is 6. The summed E-state index contributed by atoms with van der Waals surface area (Å²) in [5, 5.41) is 0. The monoisotopic (exact) mass is 370 g/mol. The van der Waals surface area contributed by atoms with E-state index in [1.807, 2.05) is 0 Å². The van der Waals surface area contributed by atoms with E-state index in [9.17, 15) is 22.8 Å². The molecule has 0 amide bonds. The van der Waals surface area contributed by atoms with Gasteiger partial charge in [-0.3, -0.25) is 4.79 Å². The molecule has 0 unspecified atom stereocenters. The fourth-order valence-corrected chi connectivity index (χ4v) is 2.42. The number of ether oxygens (including phenoxy) is 2. The maximum absolute atomic E-state index is 12.6. The van der Waals surface area contributed by atoms with Crippen LogP contribution in [0.2, 0.25) is 0 Å². The van der Waals surface area contributed by atoms with Crippen LogP contribution in [0.1, 0.15) is 32.1 Å². The van der Waals surface area contributed by atoms with Crippen LogP contribution in [-0.2, 0) is 11.3 Å². The van der Waals surface area contributed by atoms with Gasteiger partial charge in [-0.15, -0.1) is 0 Å². The number of halogens is 3. The van der Waals surface area contributed by atoms with Gasteiger partial charge in [-0.05, 0) is 26.0 Å². The second kappa shape index (κ2) is 7.59. The zero-order valence-electron chi connectivity index (χ0n) is 14.4. The lowest BCUT2D eigenvalue weighted by Gasteiger charge is -2.12. The summed E-state index contributed by atoms with van der Waals surface area (Å²) in [6, 6.07) is 4.24. The Labute approximate surface area is 147 Å². The van der Waals surface area contributed by atoms with E-state index in [0.29, 0.717) is 11.6 Å². The first-order chi connectivity index (χ1) is 12.1. The van der Waals surface area contributed by atoms with E-state index < -0.39 is 31.1 Å². The minimum absolute atomic E-state index is 0.0902. The van der Waals surface area contributed by atoms with Gasteiger partial charge in [-0.2, -0.15) is 13.2 Å². The first kappa shape index (κ1) is 19.5. The van der Waals surface area contributed by atoms with Gasteiger partial charge in [-0.1, -0.05) is 0 Å². The summed E-state index contributed by atoms with van der Waals surface area (Å²) < 4.78 is 48.6. The molecule has 140 valence electrons. The molecule has 2 aromatic heterocycles. The van der Waals surface area contributed by atoms with Crippen molar-refractivity contribution < 1.29 is 32.2 Å². The van der Waals surface area contributed by atoms with Crippen molar-refractivity contribution in [3.8, 4) is 5.88 Å². The molecule has 0 spiro atoms. The minimum atomic E-state index is -4.40. The maximum atomic E-state index is 12.6. The van der Waals surface area contributed by atoms with Crippen molar-refractivity contribution in [1.29, 1.82) is 0 Å². The van der Waals surface area contributed by atoms with Crippen molar-refractivity contribution in [2.45, 2.75) is 26.6 Å². The van der Waals surface area contributed by atoms with E-state index in [1.165, 1.54) is 45.4 Å². The molecule has 2 heterocycles. The molecule has 0 fully saturated rings. The number of hydrogen-bond donors (Lipinski definition) is 0. The molecular weight excluding hydrogens is 353 g/mol. The van der Waals surface area contributed by atoms with E-state index in [4.69, 9.17) is 9.47 Å². The number of ketones is 1. The molecule has 0 N–H and O–H groups in total. The van der Waals surface area contributed by atoms with E-state index in [0.717, 1.165) is 4.57 Å². The Morgan fingerprint density at radius 3 is 2.46 bits per heavy atom. The fourth-order valence-electron chi connectivity index (χ4n) is 2.42. The van der Waals surface area contributed by atoms with Crippen molar-refractivity contribution in [2.24, 2.45) is 0 Å². The molecule has 2 rings (SSSR count). The third-order valence-corrected chi connectivity index (χ3v) is 3.73. The normalized spacial score (nSPS) is 11.3. The van der Waals surface area contributed by atoms with Crippen LogP contribution < -0.4 is 4.74 Å². The molecule has 9 heteroatoms. The second-order valence-electron chi connectivity index (χ2n) is 5.57. The van der Waals surface area contributed by atoms with E-state index >= 15 is 0 Å². The van der Waals surface area contributed by atoms with Crippen LogP contribution in [0.25, 0.3) is 0 Å². The highest BCUT2D eigenvalue weighted by atomic mass is 19.4. The molecule has 0 aliphatic rings. The van der Waals surface area contributed by atoms with Crippen LogP contribution in [-0.4, -0.2) is 41.2 Å². The van der Waals surface area contributed by atoms with Gasteiger partial charge in [-0.25, -0.2) is 9.78 Å². The van der Waals surface area contributed by atoms with Crippen molar-refractivity contribution in [2.75, 3.05) is 13.7 Å². The molecule has 0 aromatic carbocycles. The van der Waals surface area contributed by atoms with Gasteiger partial charge in [0.25, 0.3) is 0 Å². The zero-order valence-corrected chi connectivity index (χ0v) is 14.4. The fraction of sp³-hybridized carbons (Fsp3) is 0.353. The Morgan fingerprint density at radius 2 is 1.92 bits per heavy atom. The lowest BCUT2D eigenvalue weighted by molar-refractivity contribution is -0.141. The molecule has 0 aliphatic heterocycles. The average molecular weight is 370 g/mol.